The van der Waals surface area contributed by atoms with Crippen molar-refractivity contribution < 1.29 is 0 Å². The number of aliphatic imine (C=N–C) groups is 1. The smallest absolute Gasteiger partial charge is 0.0801 e. The van der Waals surface area contributed by atoms with Gasteiger partial charge >= 0.3 is 0 Å². The minimum Gasteiger partial charge on any atom is -0.390 e. The minimum atomic E-state index is 0.472. The fourth-order valence-corrected chi connectivity index (χ4v) is 1.08. The summed E-state index contributed by atoms with van der Waals surface area (Å²) in [6.07, 6.45) is 6.16. The molecule has 2 heteroatoms. The number of nitrogens with two attached hydrogens (primary N) is 1. The molecule has 0 rings (SSSR count). The van der Waals surface area contributed by atoms with Crippen LogP contribution in [0.4, 0.5) is 0 Å². The maximum atomic E-state index is 5.20. The van der Waals surface area contributed by atoms with Crippen LogP contribution < -0.4 is 5.73 Å². The van der Waals surface area contributed by atoms with Crippen molar-refractivity contribution in [3.05, 3.63) is 0 Å². The van der Waals surface area contributed by atoms with Crippen molar-refractivity contribution in [2.45, 2.75) is 45.6 Å². The van der Waals surface area contributed by atoms with Crippen LogP contribution >= 0.6 is 0 Å². The van der Waals surface area contributed by atoms with E-state index in [9.17, 15) is 0 Å². The van der Waals surface area contributed by atoms with Crippen molar-refractivity contribution >= 4 is 6.34 Å². The SMILES string of the molecule is CCCC(CCC)N=CN. The molecule has 0 aliphatic carbocycles. The number of nitrogens with zero attached hydrogens (tertiary/aromatic N) is 1. The number of hydrogen-bond donors (Lipinski definition) is 1. The summed E-state index contributed by atoms with van der Waals surface area (Å²) in [7, 11) is 0. The summed E-state index contributed by atoms with van der Waals surface area (Å²) < 4.78 is 0. The van der Waals surface area contributed by atoms with Crippen LogP contribution in [-0.2, 0) is 0 Å². The zero-order valence-electron chi connectivity index (χ0n) is 7.01. The van der Waals surface area contributed by atoms with Gasteiger partial charge < -0.3 is 5.73 Å². The monoisotopic (exact) mass is 142 g/mol. The van der Waals surface area contributed by atoms with Crippen molar-refractivity contribution in [2.75, 3.05) is 0 Å². The molecule has 0 saturated carbocycles. The molecule has 0 saturated heterocycles. The van der Waals surface area contributed by atoms with Crippen LogP contribution in [0.2, 0.25) is 0 Å². The van der Waals surface area contributed by atoms with Gasteiger partial charge in [-0.05, 0) is 12.8 Å². The molecule has 0 aliphatic heterocycles. The molecule has 0 fully saturated rings. The second-order valence-electron chi connectivity index (χ2n) is 2.53. The largest absolute Gasteiger partial charge is 0.390 e. The first-order valence-corrected chi connectivity index (χ1v) is 4.08. The van der Waals surface area contributed by atoms with Gasteiger partial charge in [-0.15, -0.1) is 0 Å². The first-order chi connectivity index (χ1) is 4.85. The van der Waals surface area contributed by atoms with Gasteiger partial charge in [0.25, 0.3) is 0 Å². The number of hydrogen-bond acceptors (Lipinski definition) is 1. The summed E-state index contributed by atoms with van der Waals surface area (Å²) in [5.41, 5.74) is 5.20. The van der Waals surface area contributed by atoms with E-state index in [-0.39, 0.29) is 0 Å². The highest BCUT2D eigenvalue weighted by Gasteiger charge is 2.01. The second kappa shape index (κ2) is 6.59. The van der Waals surface area contributed by atoms with E-state index in [4.69, 9.17) is 5.73 Å². The molecule has 10 heavy (non-hydrogen) atoms. The lowest BCUT2D eigenvalue weighted by molar-refractivity contribution is 0.557. The average Bonchev–Trinajstić information content (AvgIpc) is 1.90. The molecule has 0 atom stereocenters. The Balaban J connectivity index is 3.50. The Morgan fingerprint density at radius 1 is 1.30 bits per heavy atom. The van der Waals surface area contributed by atoms with Crippen molar-refractivity contribution in [2.24, 2.45) is 10.7 Å². The van der Waals surface area contributed by atoms with Crippen LogP contribution in [0.3, 0.4) is 0 Å². The standard InChI is InChI=1S/C8H18N2/c1-3-5-8(6-4-2)10-7-9/h7-8H,3-6H2,1-2H3,(H2,9,10). The van der Waals surface area contributed by atoms with Crippen LogP contribution in [0.5, 0.6) is 0 Å². The van der Waals surface area contributed by atoms with Gasteiger partial charge in [-0.1, -0.05) is 26.7 Å². The van der Waals surface area contributed by atoms with Crippen LogP contribution in [0.25, 0.3) is 0 Å². The fourth-order valence-electron chi connectivity index (χ4n) is 1.08. The Hall–Kier alpha value is -0.530. The highest BCUT2D eigenvalue weighted by Crippen LogP contribution is 2.07. The molecule has 60 valence electrons. The normalized spacial score (nSPS) is 11.5. The van der Waals surface area contributed by atoms with E-state index in [0.29, 0.717) is 6.04 Å². The quantitative estimate of drug-likeness (QED) is 0.462. The van der Waals surface area contributed by atoms with Gasteiger partial charge in [0.2, 0.25) is 0 Å². The third-order valence-corrected chi connectivity index (χ3v) is 1.54. The van der Waals surface area contributed by atoms with Gasteiger partial charge in [-0.2, -0.15) is 0 Å². The fraction of sp³-hybridized carbons (Fsp3) is 0.875. The third-order valence-electron chi connectivity index (χ3n) is 1.54. The van der Waals surface area contributed by atoms with E-state index in [1.54, 1.807) is 0 Å². The molecular weight excluding hydrogens is 124 g/mol. The molecular formula is C8H18N2. The summed E-state index contributed by atoms with van der Waals surface area (Å²) in [5, 5.41) is 0. The summed E-state index contributed by atoms with van der Waals surface area (Å²) in [6.45, 7) is 4.35. The molecule has 0 heterocycles. The number of rotatable bonds is 5. The Bertz CT molecular complexity index is 83.3. The molecule has 0 aromatic heterocycles. The van der Waals surface area contributed by atoms with Crippen LogP contribution in [-0.4, -0.2) is 12.4 Å². The average molecular weight is 142 g/mol. The second-order valence-corrected chi connectivity index (χ2v) is 2.53. The molecule has 0 aromatic rings. The van der Waals surface area contributed by atoms with Crippen LogP contribution in [0.1, 0.15) is 39.5 Å². The van der Waals surface area contributed by atoms with Gasteiger partial charge in [-0.25, -0.2) is 0 Å². The lowest BCUT2D eigenvalue weighted by atomic mass is 10.1. The summed E-state index contributed by atoms with van der Waals surface area (Å²) in [4.78, 5) is 4.16. The molecule has 0 aliphatic rings. The lowest BCUT2D eigenvalue weighted by Gasteiger charge is -2.07. The predicted molar refractivity (Wildman–Crippen MR) is 46.3 cm³/mol. The highest BCUT2D eigenvalue weighted by molar-refractivity contribution is 5.51. The van der Waals surface area contributed by atoms with E-state index in [1.165, 1.54) is 32.0 Å². The van der Waals surface area contributed by atoms with E-state index in [0.717, 1.165) is 0 Å². The Kier molecular flexibility index (Phi) is 6.24. The van der Waals surface area contributed by atoms with Crippen molar-refractivity contribution in [1.82, 2.24) is 0 Å². The van der Waals surface area contributed by atoms with Crippen molar-refractivity contribution in [3.8, 4) is 0 Å². The Labute approximate surface area is 63.5 Å². The van der Waals surface area contributed by atoms with Gasteiger partial charge in [0.05, 0.1) is 12.4 Å². The van der Waals surface area contributed by atoms with E-state index in [2.05, 4.69) is 18.8 Å². The molecule has 0 amide bonds. The van der Waals surface area contributed by atoms with Crippen molar-refractivity contribution in [1.29, 1.82) is 0 Å². The summed E-state index contributed by atoms with van der Waals surface area (Å²) in [6, 6.07) is 0.472. The molecule has 2 N–H and O–H groups in total. The minimum absolute atomic E-state index is 0.472. The molecule has 0 radical (unpaired) electrons. The highest BCUT2D eigenvalue weighted by atomic mass is 14.8. The van der Waals surface area contributed by atoms with E-state index < -0.39 is 0 Å². The third kappa shape index (κ3) is 4.36. The first-order valence-electron chi connectivity index (χ1n) is 4.08. The van der Waals surface area contributed by atoms with Gasteiger partial charge in [0, 0.05) is 0 Å². The molecule has 0 unspecified atom stereocenters. The molecule has 0 aromatic carbocycles. The Morgan fingerprint density at radius 2 is 1.80 bits per heavy atom. The van der Waals surface area contributed by atoms with E-state index >= 15 is 0 Å². The van der Waals surface area contributed by atoms with Crippen LogP contribution in [0.15, 0.2) is 4.99 Å². The zero-order valence-corrected chi connectivity index (χ0v) is 7.01. The maximum absolute atomic E-state index is 5.20. The van der Waals surface area contributed by atoms with Crippen molar-refractivity contribution in [3.63, 3.8) is 0 Å². The Morgan fingerprint density at radius 3 is 2.10 bits per heavy atom. The summed E-state index contributed by atoms with van der Waals surface area (Å²) >= 11 is 0. The lowest BCUT2D eigenvalue weighted by Crippen LogP contribution is -2.05. The molecule has 2 nitrogen and oxygen atoms in total. The van der Waals surface area contributed by atoms with Gasteiger partial charge in [-0.3, -0.25) is 4.99 Å². The maximum Gasteiger partial charge on any atom is 0.0801 e. The van der Waals surface area contributed by atoms with Crippen LogP contribution in [0, 0.1) is 0 Å². The van der Waals surface area contributed by atoms with Gasteiger partial charge in [0.1, 0.15) is 0 Å². The molecule has 0 bridgehead atoms. The zero-order chi connectivity index (χ0) is 7.82. The summed E-state index contributed by atoms with van der Waals surface area (Å²) in [5.74, 6) is 0. The van der Waals surface area contributed by atoms with Gasteiger partial charge in [0.15, 0.2) is 0 Å². The molecule has 0 spiro atoms. The first kappa shape index (κ1) is 9.47. The van der Waals surface area contributed by atoms with E-state index in [1.807, 2.05) is 0 Å². The topological polar surface area (TPSA) is 38.4 Å². The predicted octanol–water partition coefficient (Wildman–Crippen LogP) is 1.94.